The summed E-state index contributed by atoms with van der Waals surface area (Å²) in [6.07, 6.45) is 4.23. The molecule has 0 unspecified atom stereocenters. The molecule has 0 saturated heterocycles. The Morgan fingerprint density at radius 2 is 1.67 bits per heavy atom. The van der Waals surface area contributed by atoms with E-state index in [2.05, 4.69) is 48.0 Å². The van der Waals surface area contributed by atoms with Gasteiger partial charge in [0.25, 0.3) is 0 Å². The van der Waals surface area contributed by atoms with Crippen LogP contribution in [0.5, 0.6) is 11.5 Å². The van der Waals surface area contributed by atoms with Gasteiger partial charge in [-0.05, 0) is 48.9 Å². The largest absolute Gasteiger partial charge is 0.497 e. The molecule has 122 valence electrons. The van der Waals surface area contributed by atoms with E-state index in [1.807, 2.05) is 37.3 Å². The standard InChI is InChI=1S/C21H22NO2/c1-4-24-20-13-14-21-17(15-20)8-10-18(22(21)2)9-5-16-6-11-19(23-3)12-7-16/h5-15H,4H2,1-3H3/q+1. The second kappa shape index (κ2) is 7.18. The van der Waals surface area contributed by atoms with Crippen LogP contribution in [0.15, 0.2) is 54.6 Å². The average Bonchev–Trinajstić information content (AvgIpc) is 2.62. The Kier molecular flexibility index (Phi) is 4.80. The molecule has 0 aliphatic carbocycles. The Bertz CT molecular complexity index is 867. The van der Waals surface area contributed by atoms with Crippen molar-refractivity contribution in [1.82, 2.24) is 0 Å². The highest BCUT2D eigenvalue weighted by atomic mass is 16.5. The second-order valence-corrected chi connectivity index (χ2v) is 5.58. The molecule has 3 heteroatoms. The van der Waals surface area contributed by atoms with Crippen molar-refractivity contribution in [2.75, 3.05) is 13.7 Å². The molecule has 0 saturated carbocycles. The van der Waals surface area contributed by atoms with Gasteiger partial charge in [-0.25, -0.2) is 0 Å². The third-order valence-corrected chi connectivity index (χ3v) is 4.05. The lowest BCUT2D eigenvalue weighted by molar-refractivity contribution is -0.646. The molecule has 3 nitrogen and oxygen atoms in total. The van der Waals surface area contributed by atoms with Gasteiger partial charge in [-0.1, -0.05) is 12.1 Å². The van der Waals surface area contributed by atoms with E-state index in [4.69, 9.17) is 9.47 Å². The Hall–Kier alpha value is -2.81. The summed E-state index contributed by atoms with van der Waals surface area (Å²) in [6, 6.07) is 18.5. The summed E-state index contributed by atoms with van der Waals surface area (Å²) in [4.78, 5) is 0. The van der Waals surface area contributed by atoms with Crippen LogP contribution in [0.4, 0.5) is 0 Å². The van der Waals surface area contributed by atoms with Gasteiger partial charge in [0, 0.05) is 18.2 Å². The molecule has 0 spiro atoms. The maximum atomic E-state index is 5.57. The third kappa shape index (κ3) is 3.40. The molecule has 3 aromatic rings. The Balaban J connectivity index is 1.90. The number of hydrogen-bond acceptors (Lipinski definition) is 2. The fourth-order valence-corrected chi connectivity index (χ4v) is 2.72. The number of rotatable bonds is 5. The molecule has 0 radical (unpaired) electrons. The predicted molar refractivity (Wildman–Crippen MR) is 98.2 cm³/mol. The maximum absolute atomic E-state index is 5.57. The molecular weight excluding hydrogens is 298 g/mol. The molecule has 1 heterocycles. The molecule has 0 fully saturated rings. The number of hydrogen-bond donors (Lipinski definition) is 0. The normalized spacial score (nSPS) is 11.1. The van der Waals surface area contributed by atoms with Gasteiger partial charge in [0.2, 0.25) is 11.2 Å². The number of nitrogens with zero attached hydrogens (tertiary/aromatic N) is 1. The highest BCUT2D eigenvalue weighted by Crippen LogP contribution is 2.20. The number of fused-ring (bicyclic) bond motifs is 1. The topological polar surface area (TPSA) is 22.3 Å². The van der Waals surface area contributed by atoms with Crippen LogP contribution < -0.4 is 14.0 Å². The molecule has 24 heavy (non-hydrogen) atoms. The Morgan fingerprint density at radius 1 is 0.917 bits per heavy atom. The van der Waals surface area contributed by atoms with Crippen molar-refractivity contribution in [1.29, 1.82) is 0 Å². The SMILES string of the molecule is CCOc1ccc2c(ccc(C=Cc3ccc(OC)cc3)[n+]2C)c1. The van der Waals surface area contributed by atoms with Crippen molar-refractivity contribution < 1.29 is 14.0 Å². The van der Waals surface area contributed by atoms with E-state index < -0.39 is 0 Å². The van der Waals surface area contributed by atoms with E-state index in [1.165, 1.54) is 10.9 Å². The van der Waals surface area contributed by atoms with E-state index in [1.54, 1.807) is 7.11 Å². The zero-order chi connectivity index (χ0) is 16.9. The van der Waals surface area contributed by atoms with Gasteiger partial charge in [0.05, 0.1) is 19.1 Å². The van der Waals surface area contributed by atoms with Gasteiger partial charge < -0.3 is 9.47 Å². The van der Waals surface area contributed by atoms with Crippen molar-refractivity contribution in [2.45, 2.75) is 6.92 Å². The summed E-state index contributed by atoms with van der Waals surface area (Å²) in [5.41, 5.74) is 3.46. The van der Waals surface area contributed by atoms with Crippen LogP contribution in [0, 0.1) is 0 Å². The minimum absolute atomic E-state index is 0.681. The highest BCUT2D eigenvalue weighted by Gasteiger charge is 2.10. The van der Waals surface area contributed by atoms with Crippen molar-refractivity contribution in [2.24, 2.45) is 7.05 Å². The van der Waals surface area contributed by atoms with E-state index in [-0.39, 0.29) is 0 Å². The lowest BCUT2D eigenvalue weighted by atomic mass is 10.1. The van der Waals surface area contributed by atoms with Crippen LogP contribution in [0.3, 0.4) is 0 Å². The molecule has 0 aliphatic rings. The summed E-state index contributed by atoms with van der Waals surface area (Å²) in [5, 5.41) is 1.17. The molecule has 1 aromatic heterocycles. The summed E-state index contributed by atoms with van der Waals surface area (Å²) in [5.74, 6) is 1.78. The molecule has 0 bridgehead atoms. The number of aryl methyl sites for hydroxylation is 1. The lowest BCUT2D eigenvalue weighted by Crippen LogP contribution is -2.32. The molecule has 0 atom stereocenters. The van der Waals surface area contributed by atoms with E-state index >= 15 is 0 Å². The summed E-state index contributed by atoms with van der Waals surface area (Å²) < 4.78 is 12.9. The Morgan fingerprint density at radius 3 is 2.38 bits per heavy atom. The van der Waals surface area contributed by atoms with Gasteiger partial charge in [-0.2, -0.15) is 4.57 Å². The fourth-order valence-electron chi connectivity index (χ4n) is 2.72. The van der Waals surface area contributed by atoms with E-state index in [0.29, 0.717) is 6.61 Å². The van der Waals surface area contributed by atoms with Crippen LogP contribution in [0.25, 0.3) is 23.1 Å². The number of aromatic nitrogens is 1. The smallest absolute Gasteiger partial charge is 0.212 e. The van der Waals surface area contributed by atoms with Crippen LogP contribution in [0.2, 0.25) is 0 Å². The zero-order valence-electron chi connectivity index (χ0n) is 14.3. The summed E-state index contributed by atoms with van der Waals surface area (Å²) in [6.45, 7) is 2.68. The molecular formula is C21H22NO2+. The van der Waals surface area contributed by atoms with Gasteiger partial charge in [0.15, 0.2) is 0 Å². The maximum Gasteiger partial charge on any atom is 0.212 e. The highest BCUT2D eigenvalue weighted by molar-refractivity contribution is 5.79. The van der Waals surface area contributed by atoms with E-state index in [0.717, 1.165) is 22.8 Å². The van der Waals surface area contributed by atoms with Crippen LogP contribution in [0.1, 0.15) is 18.2 Å². The quantitative estimate of drug-likeness (QED) is 0.656. The summed E-state index contributed by atoms with van der Waals surface area (Å²) in [7, 11) is 3.76. The van der Waals surface area contributed by atoms with Gasteiger partial charge in [-0.15, -0.1) is 0 Å². The van der Waals surface area contributed by atoms with Gasteiger partial charge in [0.1, 0.15) is 18.5 Å². The fraction of sp³-hybridized carbons (Fsp3) is 0.190. The molecule has 0 N–H and O–H groups in total. The lowest BCUT2D eigenvalue weighted by Gasteiger charge is -2.05. The minimum Gasteiger partial charge on any atom is -0.497 e. The van der Waals surface area contributed by atoms with E-state index in [9.17, 15) is 0 Å². The second-order valence-electron chi connectivity index (χ2n) is 5.58. The van der Waals surface area contributed by atoms with Crippen LogP contribution in [-0.4, -0.2) is 13.7 Å². The molecule has 0 amide bonds. The first-order chi connectivity index (χ1) is 11.7. The van der Waals surface area contributed by atoms with Crippen LogP contribution >= 0.6 is 0 Å². The van der Waals surface area contributed by atoms with Crippen molar-refractivity contribution in [3.63, 3.8) is 0 Å². The monoisotopic (exact) mass is 320 g/mol. The first kappa shape index (κ1) is 16.1. The number of pyridine rings is 1. The first-order valence-corrected chi connectivity index (χ1v) is 8.09. The predicted octanol–water partition coefficient (Wildman–Crippen LogP) is 4.24. The molecule has 0 aliphatic heterocycles. The summed E-state index contributed by atoms with van der Waals surface area (Å²) >= 11 is 0. The first-order valence-electron chi connectivity index (χ1n) is 8.09. The molecule has 2 aromatic carbocycles. The van der Waals surface area contributed by atoms with Crippen molar-refractivity contribution >= 4 is 23.1 Å². The molecule has 3 rings (SSSR count). The van der Waals surface area contributed by atoms with Gasteiger partial charge in [-0.3, -0.25) is 0 Å². The number of methoxy groups -OCH3 is 1. The van der Waals surface area contributed by atoms with Crippen molar-refractivity contribution in [3.8, 4) is 11.5 Å². The minimum atomic E-state index is 0.681. The van der Waals surface area contributed by atoms with Crippen molar-refractivity contribution in [3.05, 3.63) is 65.9 Å². The number of ether oxygens (including phenoxy) is 2. The van der Waals surface area contributed by atoms with Crippen LogP contribution in [-0.2, 0) is 7.05 Å². The zero-order valence-corrected chi connectivity index (χ0v) is 14.3. The van der Waals surface area contributed by atoms with Gasteiger partial charge >= 0.3 is 0 Å². The third-order valence-electron chi connectivity index (χ3n) is 4.05. The number of benzene rings is 2. The Labute approximate surface area is 142 Å². The average molecular weight is 320 g/mol.